The predicted molar refractivity (Wildman–Crippen MR) is 115 cm³/mol. The van der Waals surface area contributed by atoms with E-state index in [0.717, 1.165) is 21.5 Å². The number of amides is 1. The van der Waals surface area contributed by atoms with Crippen LogP contribution in [-0.4, -0.2) is 27.4 Å². The van der Waals surface area contributed by atoms with Gasteiger partial charge in [0, 0.05) is 29.0 Å². The Morgan fingerprint density at radius 1 is 1.10 bits per heavy atom. The highest BCUT2D eigenvalue weighted by atomic mass is 79.9. The van der Waals surface area contributed by atoms with Crippen molar-refractivity contribution in [2.75, 3.05) is 7.11 Å². The molecule has 0 aliphatic rings. The van der Waals surface area contributed by atoms with Crippen molar-refractivity contribution in [3.8, 4) is 17.3 Å². The number of hydrogen-bond donors (Lipinski definition) is 1. The molecule has 2 aromatic carbocycles. The smallest absolute Gasteiger partial charge is 0.256 e. The fraction of sp³-hybridized carbons (Fsp3) is 0.0909. The molecule has 0 saturated heterocycles. The number of halogens is 1. The quantitative estimate of drug-likeness (QED) is 0.474. The first kappa shape index (κ1) is 19.0. The number of rotatable bonds is 6. The Bertz CT molecular complexity index is 1120. The fourth-order valence-corrected chi connectivity index (χ4v) is 3.55. The summed E-state index contributed by atoms with van der Waals surface area (Å²) in [6.45, 7) is 0.336. The molecule has 0 radical (unpaired) electrons. The molecule has 0 aliphatic carbocycles. The largest absolute Gasteiger partial charge is 0.496 e. The molecular weight excluding hydrogens is 432 g/mol. The number of ether oxygens (including phenoxy) is 1. The Labute approximate surface area is 176 Å². The zero-order valence-corrected chi connectivity index (χ0v) is 17.3. The van der Waals surface area contributed by atoms with Crippen molar-refractivity contribution in [3.05, 3.63) is 94.9 Å². The predicted octanol–water partition coefficient (Wildman–Crippen LogP) is 4.36. The zero-order chi connectivity index (χ0) is 20.2. The van der Waals surface area contributed by atoms with Gasteiger partial charge in [0.05, 0.1) is 19.0 Å². The van der Waals surface area contributed by atoms with E-state index in [1.54, 1.807) is 18.0 Å². The van der Waals surface area contributed by atoms with Crippen LogP contribution < -0.4 is 10.1 Å². The van der Waals surface area contributed by atoms with Crippen molar-refractivity contribution >= 4 is 21.8 Å². The van der Waals surface area contributed by atoms with Gasteiger partial charge in [0.1, 0.15) is 11.3 Å². The lowest BCUT2D eigenvalue weighted by molar-refractivity contribution is 0.0950. The minimum absolute atomic E-state index is 0.210. The van der Waals surface area contributed by atoms with E-state index >= 15 is 0 Å². The maximum Gasteiger partial charge on any atom is 0.256 e. The third-order valence-corrected chi connectivity index (χ3v) is 5.01. The molecule has 2 aromatic heterocycles. The van der Waals surface area contributed by atoms with Gasteiger partial charge >= 0.3 is 0 Å². The number of hydrogen-bond acceptors (Lipinski definition) is 3. The van der Waals surface area contributed by atoms with Crippen molar-refractivity contribution < 1.29 is 9.53 Å². The average Bonchev–Trinajstić information content (AvgIpc) is 3.42. The van der Waals surface area contributed by atoms with E-state index in [0.29, 0.717) is 17.9 Å². The second-order valence-electron chi connectivity index (χ2n) is 6.36. The van der Waals surface area contributed by atoms with Gasteiger partial charge in [-0.2, -0.15) is 5.10 Å². The number of benzene rings is 2. The lowest BCUT2D eigenvalue weighted by Gasteiger charge is -2.12. The SMILES string of the molecule is COc1ccc(Br)cc1CNC(=O)c1cnn(-c2ccccc2)c1-n1cccc1. The van der Waals surface area contributed by atoms with Crippen LogP contribution >= 0.6 is 15.9 Å². The van der Waals surface area contributed by atoms with Gasteiger partial charge in [-0.3, -0.25) is 4.79 Å². The van der Waals surface area contributed by atoms with Crippen LogP contribution in [0.2, 0.25) is 0 Å². The van der Waals surface area contributed by atoms with E-state index in [-0.39, 0.29) is 5.91 Å². The van der Waals surface area contributed by atoms with E-state index in [1.807, 2.05) is 77.6 Å². The number of carbonyl (C=O) groups is 1. The molecule has 6 nitrogen and oxygen atoms in total. The average molecular weight is 451 g/mol. The van der Waals surface area contributed by atoms with E-state index in [9.17, 15) is 4.79 Å². The van der Waals surface area contributed by atoms with Gasteiger partial charge in [0.25, 0.3) is 5.91 Å². The summed E-state index contributed by atoms with van der Waals surface area (Å²) >= 11 is 3.46. The summed E-state index contributed by atoms with van der Waals surface area (Å²) < 4.78 is 9.96. The van der Waals surface area contributed by atoms with Crippen LogP contribution in [0.5, 0.6) is 5.75 Å². The van der Waals surface area contributed by atoms with Crippen molar-refractivity contribution in [1.29, 1.82) is 0 Å². The van der Waals surface area contributed by atoms with E-state index in [1.165, 1.54) is 0 Å². The number of para-hydroxylation sites is 1. The van der Waals surface area contributed by atoms with Crippen molar-refractivity contribution in [2.24, 2.45) is 0 Å². The van der Waals surface area contributed by atoms with Crippen LogP contribution in [0.3, 0.4) is 0 Å². The van der Waals surface area contributed by atoms with E-state index in [2.05, 4.69) is 26.3 Å². The molecule has 2 heterocycles. The number of carbonyl (C=O) groups excluding carboxylic acids is 1. The Hall–Kier alpha value is -3.32. The Balaban J connectivity index is 1.66. The monoisotopic (exact) mass is 450 g/mol. The van der Waals surface area contributed by atoms with Gasteiger partial charge in [-0.1, -0.05) is 34.1 Å². The molecule has 29 heavy (non-hydrogen) atoms. The lowest BCUT2D eigenvalue weighted by Crippen LogP contribution is -2.24. The summed E-state index contributed by atoms with van der Waals surface area (Å²) in [7, 11) is 1.61. The Morgan fingerprint density at radius 2 is 1.86 bits per heavy atom. The molecule has 0 unspecified atom stereocenters. The van der Waals surface area contributed by atoms with Crippen LogP contribution in [0.15, 0.2) is 83.7 Å². The molecule has 0 bridgehead atoms. The van der Waals surface area contributed by atoms with Gasteiger partial charge in [-0.25, -0.2) is 4.68 Å². The molecule has 0 saturated carbocycles. The van der Waals surface area contributed by atoms with Crippen LogP contribution in [0.25, 0.3) is 11.5 Å². The first-order valence-corrected chi connectivity index (χ1v) is 9.84. The first-order chi connectivity index (χ1) is 14.2. The van der Waals surface area contributed by atoms with Gasteiger partial charge in [-0.15, -0.1) is 0 Å². The normalized spacial score (nSPS) is 10.7. The molecule has 1 N–H and O–H groups in total. The Kier molecular flexibility index (Phi) is 5.48. The van der Waals surface area contributed by atoms with Gasteiger partial charge in [-0.05, 0) is 42.5 Å². The summed E-state index contributed by atoms with van der Waals surface area (Å²) in [5, 5.41) is 7.45. The minimum atomic E-state index is -0.210. The third-order valence-electron chi connectivity index (χ3n) is 4.52. The second kappa shape index (κ2) is 8.36. The van der Waals surface area contributed by atoms with Crippen LogP contribution in [0, 0.1) is 0 Å². The molecule has 1 amide bonds. The summed E-state index contributed by atoms with van der Waals surface area (Å²) in [5.74, 6) is 1.19. The molecule has 146 valence electrons. The fourth-order valence-electron chi connectivity index (χ4n) is 3.14. The number of nitrogens with zero attached hydrogens (tertiary/aromatic N) is 3. The van der Waals surface area contributed by atoms with Crippen molar-refractivity contribution in [2.45, 2.75) is 6.54 Å². The van der Waals surface area contributed by atoms with Crippen LogP contribution in [0.1, 0.15) is 15.9 Å². The zero-order valence-electron chi connectivity index (χ0n) is 15.7. The Morgan fingerprint density at radius 3 is 2.59 bits per heavy atom. The molecule has 0 atom stereocenters. The highest BCUT2D eigenvalue weighted by Gasteiger charge is 2.20. The standard InChI is InChI=1S/C22H19BrN4O2/c1-29-20-10-9-17(23)13-16(20)14-24-21(28)19-15-25-27(18-7-3-2-4-8-18)22(19)26-11-5-6-12-26/h2-13,15H,14H2,1H3,(H,24,28). The molecule has 4 aromatic rings. The van der Waals surface area contributed by atoms with Gasteiger partial charge in [0.15, 0.2) is 5.82 Å². The highest BCUT2D eigenvalue weighted by Crippen LogP contribution is 2.24. The van der Waals surface area contributed by atoms with Crippen molar-refractivity contribution in [3.63, 3.8) is 0 Å². The maximum atomic E-state index is 13.0. The number of nitrogens with one attached hydrogen (secondary N) is 1. The van der Waals surface area contributed by atoms with E-state index in [4.69, 9.17) is 4.74 Å². The van der Waals surface area contributed by atoms with Crippen molar-refractivity contribution in [1.82, 2.24) is 19.7 Å². The summed E-state index contributed by atoms with van der Waals surface area (Å²) in [4.78, 5) is 13.0. The minimum Gasteiger partial charge on any atom is -0.496 e. The molecule has 4 rings (SSSR count). The number of aromatic nitrogens is 3. The highest BCUT2D eigenvalue weighted by molar-refractivity contribution is 9.10. The van der Waals surface area contributed by atoms with E-state index < -0.39 is 0 Å². The van der Waals surface area contributed by atoms with Crippen LogP contribution in [0.4, 0.5) is 0 Å². The topological polar surface area (TPSA) is 61.1 Å². The molecular formula is C22H19BrN4O2. The molecule has 0 spiro atoms. The third kappa shape index (κ3) is 3.95. The second-order valence-corrected chi connectivity index (χ2v) is 7.27. The summed E-state index contributed by atoms with van der Waals surface area (Å²) in [5.41, 5.74) is 2.25. The maximum absolute atomic E-state index is 13.0. The lowest BCUT2D eigenvalue weighted by atomic mass is 10.2. The molecule has 7 heteroatoms. The van der Waals surface area contributed by atoms with Gasteiger partial charge in [0.2, 0.25) is 0 Å². The van der Waals surface area contributed by atoms with Gasteiger partial charge < -0.3 is 14.6 Å². The first-order valence-electron chi connectivity index (χ1n) is 9.05. The van der Waals surface area contributed by atoms with Crippen LogP contribution in [-0.2, 0) is 6.54 Å². The summed E-state index contributed by atoms with van der Waals surface area (Å²) in [6, 6.07) is 19.3. The number of methoxy groups -OCH3 is 1. The summed E-state index contributed by atoms with van der Waals surface area (Å²) in [6.07, 6.45) is 5.38. The molecule has 0 fully saturated rings. The molecule has 0 aliphatic heterocycles.